The molecule has 0 saturated carbocycles. The molecule has 0 aromatic carbocycles. The predicted octanol–water partition coefficient (Wildman–Crippen LogP) is 1.73. The molecule has 0 fully saturated rings. The van der Waals surface area contributed by atoms with Gasteiger partial charge < -0.3 is 15.2 Å². The molecular formula is C13H23NO4. The molecule has 0 radical (unpaired) electrons. The van der Waals surface area contributed by atoms with Gasteiger partial charge in [0.25, 0.3) is 0 Å². The molecule has 1 amide bonds. The average molecular weight is 257 g/mol. The van der Waals surface area contributed by atoms with Crippen LogP contribution >= 0.6 is 0 Å². The molecule has 0 aromatic heterocycles. The lowest BCUT2D eigenvalue weighted by Gasteiger charge is -2.27. The molecule has 0 spiro atoms. The van der Waals surface area contributed by atoms with Gasteiger partial charge in [0.15, 0.2) is 0 Å². The molecule has 18 heavy (non-hydrogen) atoms. The molecule has 0 aliphatic heterocycles. The van der Waals surface area contributed by atoms with Crippen molar-refractivity contribution in [1.29, 1.82) is 0 Å². The lowest BCUT2D eigenvalue weighted by Crippen LogP contribution is -2.54. The van der Waals surface area contributed by atoms with Crippen molar-refractivity contribution in [2.45, 2.75) is 51.7 Å². The third kappa shape index (κ3) is 5.31. The van der Waals surface area contributed by atoms with Crippen molar-refractivity contribution in [3.63, 3.8) is 0 Å². The van der Waals surface area contributed by atoms with E-state index in [9.17, 15) is 9.59 Å². The summed E-state index contributed by atoms with van der Waals surface area (Å²) in [6.45, 7) is 8.93. The van der Waals surface area contributed by atoms with Crippen LogP contribution in [-0.4, -0.2) is 35.2 Å². The number of carboxylic acids is 1. The van der Waals surface area contributed by atoms with E-state index in [0.717, 1.165) is 0 Å². The molecule has 0 rings (SSSR count). The Balaban J connectivity index is 4.41. The SMILES string of the molecule is C=CCCOC(C)C(=O)NC(C)(CCC)C(=O)O. The minimum absolute atomic E-state index is 0.382. The van der Waals surface area contributed by atoms with Gasteiger partial charge in [-0.15, -0.1) is 6.58 Å². The Morgan fingerprint density at radius 3 is 2.61 bits per heavy atom. The van der Waals surface area contributed by atoms with Gasteiger partial charge in [-0.3, -0.25) is 4.79 Å². The number of ether oxygens (including phenoxy) is 1. The van der Waals surface area contributed by atoms with Gasteiger partial charge in [0.2, 0.25) is 5.91 Å². The minimum atomic E-state index is -1.23. The van der Waals surface area contributed by atoms with Crippen molar-refractivity contribution < 1.29 is 19.4 Å². The fourth-order valence-electron chi connectivity index (χ4n) is 1.50. The second kappa shape index (κ2) is 7.87. The standard InChI is InChI=1S/C13H23NO4/c1-5-7-9-18-10(3)11(15)14-13(4,8-6-2)12(16)17/h5,10H,1,6-9H2,2-4H3,(H,14,15)(H,16,17). The van der Waals surface area contributed by atoms with Crippen LogP contribution in [-0.2, 0) is 14.3 Å². The number of nitrogens with one attached hydrogen (secondary N) is 1. The summed E-state index contributed by atoms with van der Waals surface area (Å²) >= 11 is 0. The Morgan fingerprint density at radius 1 is 1.56 bits per heavy atom. The minimum Gasteiger partial charge on any atom is -0.480 e. The van der Waals surface area contributed by atoms with E-state index < -0.39 is 23.5 Å². The largest absolute Gasteiger partial charge is 0.480 e. The topological polar surface area (TPSA) is 75.6 Å². The van der Waals surface area contributed by atoms with E-state index in [1.54, 1.807) is 13.0 Å². The number of carboxylic acid groups (broad SMARTS) is 1. The molecule has 5 nitrogen and oxygen atoms in total. The van der Waals surface area contributed by atoms with Crippen LogP contribution in [0.1, 0.15) is 40.0 Å². The maximum absolute atomic E-state index is 11.8. The Labute approximate surface area is 108 Å². The molecule has 0 heterocycles. The molecular weight excluding hydrogens is 234 g/mol. The second-order valence-corrected chi connectivity index (χ2v) is 4.47. The summed E-state index contributed by atoms with van der Waals surface area (Å²) in [5, 5.41) is 11.7. The summed E-state index contributed by atoms with van der Waals surface area (Å²) in [5.74, 6) is -1.44. The maximum atomic E-state index is 11.8. The molecule has 0 aromatic rings. The first kappa shape index (κ1) is 16.6. The Morgan fingerprint density at radius 2 is 2.17 bits per heavy atom. The van der Waals surface area contributed by atoms with E-state index in [4.69, 9.17) is 9.84 Å². The summed E-state index contributed by atoms with van der Waals surface area (Å²) < 4.78 is 5.27. The summed E-state index contributed by atoms with van der Waals surface area (Å²) in [6, 6.07) is 0. The highest BCUT2D eigenvalue weighted by Crippen LogP contribution is 2.13. The normalized spacial score (nSPS) is 15.5. The third-order valence-corrected chi connectivity index (χ3v) is 2.68. The van der Waals surface area contributed by atoms with Gasteiger partial charge >= 0.3 is 5.97 Å². The van der Waals surface area contributed by atoms with Crippen LogP contribution in [0.15, 0.2) is 12.7 Å². The molecule has 2 atom stereocenters. The average Bonchev–Trinajstić information content (AvgIpc) is 2.29. The van der Waals surface area contributed by atoms with Gasteiger partial charge in [0.05, 0.1) is 6.61 Å². The van der Waals surface area contributed by atoms with Crippen LogP contribution in [0, 0.1) is 0 Å². The fourth-order valence-corrected chi connectivity index (χ4v) is 1.50. The zero-order chi connectivity index (χ0) is 14.2. The summed E-state index contributed by atoms with van der Waals surface area (Å²) in [7, 11) is 0. The van der Waals surface area contributed by atoms with E-state index in [-0.39, 0.29) is 0 Å². The zero-order valence-electron chi connectivity index (χ0n) is 11.4. The zero-order valence-corrected chi connectivity index (χ0v) is 11.4. The monoisotopic (exact) mass is 257 g/mol. The Hall–Kier alpha value is -1.36. The van der Waals surface area contributed by atoms with Crippen LogP contribution in [0.2, 0.25) is 0 Å². The molecule has 0 bridgehead atoms. The van der Waals surface area contributed by atoms with E-state index in [2.05, 4.69) is 11.9 Å². The Bertz CT molecular complexity index is 303. The second-order valence-electron chi connectivity index (χ2n) is 4.47. The predicted molar refractivity (Wildman–Crippen MR) is 69.3 cm³/mol. The highest BCUT2D eigenvalue weighted by Gasteiger charge is 2.35. The quantitative estimate of drug-likeness (QED) is 0.487. The van der Waals surface area contributed by atoms with Crippen LogP contribution in [0.5, 0.6) is 0 Å². The number of aliphatic carboxylic acids is 1. The van der Waals surface area contributed by atoms with Crippen LogP contribution in [0.4, 0.5) is 0 Å². The summed E-state index contributed by atoms with van der Waals surface area (Å²) in [6.07, 6.45) is 2.74. The first-order chi connectivity index (χ1) is 8.37. The maximum Gasteiger partial charge on any atom is 0.329 e. The van der Waals surface area contributed by atoms with E-state index in [1.807, 2.05) is 6.92 Å². The van der Waals surface area contributed by atoms with Crippen molar-refractivity contribution in [2.24, 2.45) is 0 Å². The number of hydrogen-bond donors (Lipinski definition) is 2. The van der Waals surface area contributed by atoms with Crippen LogP contribution in [0.25, 0.3) is 0 Å². The van der Waals surface area contributed by atoms with Crippen molar-refractivity contribution >= 4 is 11.9 Å². The summed E-state index contributed by atoms with van der Waals surface area (Å²) in [4.78, 5) is 23.0. The van der Waals surface area contributed by atoms with Crippen molar-refractivity contribution in [2.75, 3.05) is 6.61 Å². The van der Waals surface area contributed by atoms with E-state index >= 15 is 0 Å². The van der Waals surface area contributed by atoms with Crippen LogP contribution in [0.3, 0.4) is 0 Å². The van der Waals surface area contributed by atoms with E-state index in [0.29, 0.717) is 25.9 Å². The molecule has 0 aliphatic rings. The third-order valence-electron chi connectivity index (χ3n) is 2.68. The fraction of sp³-hybridized carbons (Fsp3) is 0.692. The molecule has 2 N–H and O–H groups in total. The van der Waals surface area contributed by atoms with Crippen LogP contribution < -0.4 is 5.32 Å². The van der Waals surface area contributed by atoms with Gasteiger partial charge in [0, 0.05) is 0 Å². The number of amides is 1. The molecule has 0 saturated heterocycles. The van der Waals surface area contributed by atoms with Gasteiger partial charge in [-0.1, -0.05) is 19.4 Å². The number of hydrogen-bond acceptors (Lipinski definition) is 3. The lowest BCUT2D eigenvalue weighted by atomic mass is 9.96. The van der Waals surface area contributed by atoms with Gasteiger partial charge in [-0.05, 0) is 26.7 Å². The molecule has 104 valence electrons. The van der Waals surface area contributed by atoms with Gasteiger partial charge in [-0.25, -0.2) is 4.79 Å². The summed E-state index contributed by atoms with van der Waals surface area (Å²) in [5.41, 5.74) is -1.23. The van der Waals surface area contributed by atoms with E-state index in [1.165, 1.54) is 6.92 Å². The highest BCUT2D eigenvalue weighted by molar-refractivity contribution is 5.88. The molecule has 0 aliphatic carbocycles. The Kier molecular flexibility index (Phi) is 7.27. The molecule has 2 unspecified atom stereocenters. The first-order valence-corrected chi connectivity index (χ1v) is 6.15. The number of carbonyl (C=O) groups is 2. The van der Waals surface area contributed by atoms with Crippen molar-refractivity contribution in [3.05, 3.63) is 12.7 Å². The highest BCUT2D eigenvalue weighted by atomic mass is 16.5. The first-order valence-electron chi connectivity index (χ1n) is 6.15. The van der Waals surface area contributed by atoms with Crippen molar-refractivity contribution in [3.8, 4) is 0 Å². The van der Waals surface area contributed by atoms with Gasteiger partial charge in [-0.2, -0.15) is 0 Å². The number of carbonyl (C=O) groups excluding carboxylic acids is 1. The van der Waals surface area contributed by atoms with Crippen molar-refractivity contribution in [1.82, 2.24) is 5.32 Å². The molecule has 5 heteroatoms. The van der Waals surface area contributed by atoms with Gasteiger partial charge in [0.1, 0.15) is 11.6 Å². The number of rotatable bonds is 9. The smallest absolute Gasteiger partial charge is 0.329 e. The lowest BCUT2D eigenvalue weighted by molar-refractivity contribution is -0.149.